The summed E-state index contributed by atoms with van der Waals surface area (Å²) in [5.41, 5.74) is 31.8. The quantitative estimate of drug-likeness (QED) is 0.0165. The van der Waals surface area contributed by atoms with Gasteiger partial charge in [0, 0.05) is 53.8 Å². The maximum absolute atomic E-state index is 12.5. The van der Waals surface area contributed by atoms with Crippen LogP contribution in [0.15, 0.2) is 295 Å². The minimum atomic E-state index is -1.57. The maximum Gasteiger partial charge on any atom is 0.266 e. The fourth-order valence-electron chi connectivity index (χ4n) is 18.2. The first-order chi connectivity index (χ1) is 57.3. The van der Waals surface area contributed by atoms with E-state index in [0.717, 1.165) is 153 Å². The number of hydrogen-bond donors (Lipinski definition) is 0. The second-order valence-corrected chi connectivity index (χ2v) is 32.8. The lowest BCUT2D eigenvalue weighted by molar-refractivity contribution is -0.216. The van der Waals surface area contributed by atoms with Crippen molar-refractivity contribution in [3.63, 3.8) is 0 Å². The van der Waals surface area contributed by atoms with Crippen LogP contribution in [0.4, 0.5) is 8.78 Å². The highest BCUT2D eigenvalue weighted by atomic mass is 19.3. The Morgan fingerprint density at radius 1 is 0.271 bits per heavy atom. The molecule has 8 aromatic rings. The molecule has 6 heteroatoms. The van der Waals surface area contributed by atoms with Crippen LogP contribution in [0, 0.1) is 55.4 Å². The number of hydrogen-bond acceptors (Lipinski definition) is 4. The summed E-state index contributed by atoms with van der Waals surface area (Å²) in [5, 5.41) is 0. The van der Waals surface area contributed by atoms with Gasteiger partial charge >= 0.3 is 0 Å². The molecule has 0 unspecified atom stereocenters. The van der Waals surface area contributed by atoms with Crippen LogP contribution in [0.2, 0.25) is 0 Å². The summed E-state index contributed by atoms with van der Waals surface area (Å²) in [6, 6.07) is 54.6. The van der Waals surface area contributed by atoms with Gasteiger partial charge in [0.1, 0.15) is 0 Å². The van der Waals surface area contributed by atoms with E-state index >= 15 is 0 Å². The van der Waals surface area contributed by atoms with Gasteiger partial charge in [-0.15, -0.1) is 19.7 Å². The summed E-state index contributed by atoms with van der Waals surface area (Å²) in [6.07, 6.45) is 51.5. The van der Waals surface area contributed by atoms with E-state index in [2.05, 4.69) is 283 Å². The molecule has 0 spiro atoms. The molecule has 0 amide bonds. The van der Waals surface area contributed by atoms with Gasteiger partial charge in [0.05, 0.1) is 13.2 Å². The molecule has 0 saturated heterocycles. The SMILES string of the molecule is C=C/C=C/CCCC1(CCC/C=C/C=C)c2cc(C)ccc2-c2ccc(C)cc21.C=C/C=C/CCCOC1(OCCC/C=C/C=C)c2cc(C)ccc2-c2ccc(C)cc21.C=CCCCC1(CCCC=C(F)F)c2cc(C)ccc2-c2ccc(C)cc21.C=CCCCOCCC1(CCOCCCC=C)c2cc(C)ccc2-c2ccc(C)cc21. The third-order valence-corrected chi connectivity index (χ3v) is 23.9. The number of benzene rings is 8. The van der Waals surface area contributed by atoms with Crippen LogP contribution in [0.3, 0.4) is 0 Å². The zero-order chi connectivity index (χ0) is 84.3. The minimum Gasteiger partial charge on any atom is -0.381 e. The molecule has 0 radical (unpaired) electrons. The highest BCUT2D eigenvalue weighted by Crippen LogP contribution is 2.58. The van der Waals surface area contributed by atoms with E-state index in [1.54, 1.807) is 23.3 Å². The summed E-state index contributed by atoms with van der Waals surface area (Å²) >= 11 is 0. The van der Waals surface area contributed by atoms with Gasteiger partial charge in [0.25, 0.3) is 6.08 Å². The summed E-state index contributed by atoms with van der Waals surface area (Å²) in [5.74, 6) is -0.854. The second kappa shape index (κ2) is 46.6. The maximum atomic E-state index is 12.5. The summed E-state index contributed by atoms with van der Waals surface area (Å²) in [4.78, 5) is 0. The molecular formula is C112H134F2O4. The second-order valence-electron chi connectivity index (χ2n) is 32.8. The van der Waals surface area contributed by atoms with Crippen molar-refractivity contribution in [2.45, 2.75) is 219 Å². The van der Waals surface area contributed by atoms with Gasteiger partial charge in [-0.25, -0.2) is 0 Å². The summed E-state index contributed by atoms with van der Waals surface area (Å²) < 4.78 is 50.5. The molecule has 4 nitrogen and oxygen atoms in total. The van der Waals surface area contributed by atoms with Crippen LogP contribution in [0.25, 0.3) is 44.5 Å². The Bertz CT molecular complexity index is 4560. The molecule has 4 aliphatic carbocycles. The van der Waals surface area contributed by atoms with Gasteiger partial charge in [-0.3, -0.25) is 0 Å². The van der Waals surface area contributed by atoms with Gasteiger partial charge < -0.3 is 18.9 Å². The third kappa shape index (κ3) is 23.4. The van der Waals surface area contributed by atoms with Gasteiger partial charge in [-0.2, -0.15) is 8.78 Å². The van der Waals surface area contributed by atoms with Crippen LogP contribution in [0.1, 0.15) is 230 Å². The molecule has 12 rings (SSSR count). The predicted octanol–water partition coefficient (Wildman–Crippen LogP) is 31.2. The molecule has 0 aliphatic heterocycles. The highest BCUT2D eigenvalue weighted by Gasteiger charge is 2.48. The molecule has 0 bridgehead atoms. The van der Waals surface area contributed by atoms with E-state index in [1.807, 2.05) is 42.5 Å². The van der Waals surface area contributed by atoms with E-state index < -0.39 is 11.9 Å². The summed E-state index contributed by atoms with van der Waals surface area (Å²) in [6.45, 7) is 48.2. The Labute approximate surface area is 710 Å². The number of aryl methyl sites for hydroxylation is 8. The Balaban J connectivity index is 0.000000180. The fraction of sp³-hybridized carbons (Fsp3) is 0.357. The smallest absolute Gasteiger partial charge is 0.266 e. The van der Waals surface area contributed by atoms with E-state index in [-0.39, 0.29) is 16.2 Å². The molecule has 0 heterocycles. The molecule has 118 heavy (non-hydrogen) atoms. The van der Waals surface area contributed by atoms with Crippen molar-refractivity contribution < 1.29 is 27.7 Å². The molecule has 4 aliphatic rings. The first-order valence-corrected chi connectivity index (χ1v) is 43.6. The molecule has 8 aromatic carbocycles. The first kappa shape index (κ1) is 92.2. The fourth-order valence-corrected chi connectivity index (χ4v) is 18.2. The van der Waals surface area contributed by atoms with Crippen molar-refractivity contribution >= 4 is 0 Å². The Hall–Kier alpha value is -9.66. The van der Waals surface area contributed by atoms with Crippen molar-refractivity contribution in [2.24, 2.45) is 0 Å². The van der Waals surface area contributed by atoms with Crippen molar-refractivity contribution in [2.75, 3.05) is 39.6 Å². The standard InChI is InChI=1S/C29H38O2.C29H34O2.C29H34.C25H28F2/c1-5-7-9-17-30-19-15-29(16-20-31-18-10-8-6-2)27-21-23(3)11-13-25(27)26-14-12-24(4)22-28(26)29;1-5-7-9-11-13-19-30-29(31-20-14-12-10-8-6-2)27-21-23(3)15-17-25(27)26-18-16-24(4)22-28(26)29;1-5-7-9-11-13-19-29(20-14-12-10-8-6-2)27-21-23(3)15-17-25(27)26-18-16-24(4)22-28(26)29;1-4-5-7-14-25(15-8-6-9-24(26)27)22-16-18(2)10-12-20(22)21-13-11-19(3)17-23(21)25/h5-6,11-14,21-22H,1-2,7-10,15-20H2,3-4H3;5-10,15-18,21-22H,1-2,11-14,19-20H2,3-4H3;5-10,15-18,21-22H,1-2,11-14,19-20H2,3-4H3;4,9-13,16-17H,1,5-8,14-15H2,2-3H3/b;2*9-7+,10-8+;. The zero-order valence-corrected chi connectivity index (χ0v) is 72.7. The molecular weight excluding hydrogens is 1450 g/mol. The van der Waals surface area contributed by atoms with Gasteiger partial charge in [0.15, 0.2) is 0 Å². The molecule has 0 saturated carbocycles. The van der Waals surface area contributed by atoms with E-state index in [0.29, 0.717) is 19.6 Å². The molecule has 0 N–H and O–H groups in total. The molecule has 620 valence electrons. The van der Waals surface area contributed by atoms with Gasteiger partial charge in [0.2, 0.25) is 5.79 Å². The molecule has 0 atom stereocenters. The number of unbranched alkanes of at least 4 members (excludes halogenated alkanes) is 8. The van der Waals surface area contributed by atoms with E-state index in [9.17, 15) is 8.78 Å². The van der Waals surface area contributed by atoms with Gasteiger partial charge in [-0.1, -0.05) is 295 Å². The highest BCUT2D eigenvalue weighted by molar-refractivity contribution is 5.85. The van der Waals surface area contributed by atoms with Crippen LogP contribution in [0.5, 0.6) is 0 Å². The van der Waals surface area contributed by atoms with Crippen molar-refractivity contribution in [3.05, 3.63) is 384 Å². The zero-order valence-electron chi connectivity index (χ0n) is 72.7. The monoisotopic (exact) mass is 1580 g/mol. The largest absolute Gasteiger partial charge is 0.381 e. The number of allylic oxidation sites excluding steroid dienone is 16. The van der Waals surface area contributed by atoms with Crippen LogP contribution < -0.4 is 0 Å². The average Bonchev–Trinajstić information content (AvgIpc) is 1.59. The third-order valence-electron chi connectivity index (χ3n) is 23.9. The number of ether oxygens (including phenoxy) is 4. The van der Waals surface area contributed by atoms with Crippen molar-refractivity contribution in [1.29, 1.82) is 0 Å². The number of fused-ring (bicyclic) bond motifs is 12. The number of rotatable bonds is 44. The van der Waals surface area contributed by atoms with Gasteiger partial charge in [-0.05, 0) is 293 Å². The normalized spacial score (nSPS) is 13.9. The van der Waals surface area contributed by atoms with E-state index in [1.165, 1.54) is 137 Å². The predicted molar refractivity (Wildman–Crippen MR) is 502 cm³/mol. The minimum absolute atomic E-state index is 0.0560. The Morgan fingerprint density at radius 3 is 0.771 bits per heavy atom. The number of halogens is 2. The van der Waals surface area contributed by atoms with Crippen molar-refractivity contribution in [1.82, 2.24) is 0 Å². The van der Waals surface area contributed by atoms with Crippen molar-refractivity contribution in [3.8, 4) is 44.5 Å². The van der Waals surface area contributed by atoms with Crippen LogP contribution in [-0.2, 0) is 41.0 Å². The first-order valence-electron chi connectivity index (χ1n) is 43.6. The summed E-state index contributed by atoms with van der Waals surface area (Å²) in [7, 11) is 0. The Kier molecular flexibility index (Phi) is 36.4. The average molecular weight is 1580 g/mol. The molecule has 0 aromatic heterocycles. The van der Waals surface area contributed by atoms with E-state index in [4.69, 9.17) is 18.9 Å². The molecule has 0 fully saturated rings. The Morgan fingerprint density at radius 2 is 0.500 bits per heavy atom. The van der Waals surface area contributed by atoms with Crippen LogP contribution in [-0.4, -0.2) is 39.6 Å². The lowest BCUT2D eigenvalue weighted by Gasteiger charge is -2.33. The lowest BCUT2D eigenvalue weighted by atomic mass is 9.70. The lowest BCUT2D eigenvalue weighted by Crippen LogP contribution is -2.33. The topological polar surface area (TPSA) is 36.9 Å². The van der Waals surface area contributed by atoms with Crippen LogP contribution >= 0.6 is 0 Å².